The van der Waals surface area contributed by atoms with Gasteiger partial charge in [-0.05, 0) is 42.5 Å². The fraction of sp³-hybridized carbons (Fsp3) is 0.0870. The van der Waals surface area contributed by atoms with Gasteiger partial charge in [0.1, 0.15) is 0 Å². The number of ether oxygens (including phenoxy) is 2. The van der Waals surface area contributed by atoms with Crippen LogP contribution >= 0.6 is 11.6 Å². The third-order valence-corrected chi connectivity index (χ3v) is 4.64. The highest BCUT2D eigenvalue weighted by Gasteiger charge is 2.10. The predicted molar refractivity (Wildman–Crippen MR) is 120 cm³/mol. The zero-order chi connectivity index (χ0) is 22.2. The summed E-state index contributed by atoms with van der Waals surface area (Å²) in [6.45, 7) is 0. The number of nitrogens with one attached hydrogen (secondary N) is 2. The van der Waals surface area contributed by atoms with Gasteiger partial charge in [-0.3, -0.25) is 9.59 Å². The first kappa shape index (κ1) is 21.9. The molecule has 0 aliphatic rings. The number of hydrogen-bond donors (Lipinski definition) is 2. The Bertz CT molecular complexity index is 1100. The van der Waals surface area contributed by atoms with Crippen molar-refractivity contribution in [2.45, 2.75) is 0 Å². The third kappa shape index (κ3) is 5.61. The van der Waals surface area contributed by atoms with Gasteiger partial charge in [0.2, 0.25) is 0 Å². The third-order valence-electron chi connectivity index (χ3n) is 4.31. The number of nitrogens with zero attached hydrogens (tertiary/aromatic N) is 1. The van der Waals surface area contributed by atoms with E-state index in [2.05, 4.69) is 15.8 Å². The van der Waals surface area contributed by atoms with Crippen molar-refractivity contribution in [3.8, 4) is 11.5 Å². The van der Waals surface area contributed by atoms with E-state index in [4.69, 9.17) is 21.1 Å². The molecular weight excluding hydrogens is 418 g/mol. The predicted octanol–water partition coefficient (Wildman–Crippen LogP) is 4.37. The van der Waals surface area contributed by atoms with Crippen molar-refractivity contribution in [3.63, 3.8) is 0 Å². The summed E-state index contributed by atoms with van der Waals surface area (Å²) in [7, 11) is 3.03. The van der Waals surface area contributed by atoms with Crippen molar-refractivity contribution < 1.29 is 19.1 Å². The lowest BCUT2D eigenvalue weighted by Crippen LogP contribution is -2.18. The minimum absolute atomic E-state index is 0.228. The highest BCUT2D eigenvalue weighted by atomic mass is 35.5. The molecule has 0 aliphatic heterocycles. The fourth-order valence-electron chi connectivity index (χ4n) is 2.69. The summed E-state index contributed by atoms with van der Waals surface area (Å²) >= 11 is 6.20. The number of hydrazone groups is 1. The van der Waals surface area contributed by atoms with Crippen molar-refractivity contribution in [2.75, 3.05) is 19.5 Å². The van der Waals surface area contributed by atoms with E-state index in [1.165, 1.54) is 20.4 Å². The minimum atomic E-state index is -0.409. The summed E-state index contributed by atoms with van der Waals surface area (Å²) in [5.41, 5.74) is 4.50. The van der Waals surface area contributed by atoms with Crippen LogP contribution in [0.15, 0.2) is 71.8 Å². The Kier molecular flexibility index (Phi) is 7.24. The smallest absolute Gasteiger partial charge is 0.271 e. The largest absolute Gasteiger partial charge is 0.493 e. The Morgan fingerprint density at radius 1 is 0.871 bits per heavy atom. The maximum absolute atomic E-state index is 12.3. The number of halogens is 1. The normalized spacial score (nSPS) is 10.5. The van der Waals surface area contributed by atoms with E-state index in [-0.39, 0.29) is 5.91 Å². The molecule has 3 aromatic rings. The maximum atomic E-state index is 12.3. The van der Waals surface area contributed by atoms with Gasteiger partial charge in [0.25, 0.3) is 11.8 Å². The second-order valence-corrected chi connectivity index (χ2v) is 6.73. The van der Waals surface area contributed by atoms with Crippen LogP contribution in [-0.4, -0.2) is 32.2 Å². The van der Waals surface area contributed by atoms with E-state index in [0.29, 0.717) is 38.9 Å². The van der Waals surface area contributed by atoms with Crippen LogP contribution in [0.3, 0.4) is 0 Å². The van der Waals surface area contributed by atoms with Crippen molar-refractivity contribution in [1.82, 2.24) is 5.43 Å². The molecule has 0 radical (unpaired) electrons. The molecule has 3 aromatic carbocycles. The molecule has 0 aromatic heterocycles. The lowest BCUT2D eigenvalue weighted by Gasteiger charge is -2.09. The van der Waals surface area contributed by atoms with Crippen molar-refractivity contribution in [1.29, 1.82) is 0 Å². The maximum Gasteiger partial charge on any atom is 0.271 e. The minimum Gasteiger partial charge on any atom is -0.493 e. The molecule has 0 fully saturated rings. The second-order valence-electron chi connectivity index (χ2n) is 6.33. The first-order valence-electron chi connectivity index (χ1n) is 9.23. The van der Waals surface area contributed by atoms with Gasteiger partial charge in [0.05, 0.1) is 25.5 Å². The zero-order valence-corrected chi connectivity index (χ0v) is 17.6. The molecule has 0 saturated carbocycles. The van der Waals surface area contributed by atoms with E-state index in [1.807, 2.05) is 6.07 Å². The van der Waals surface area contributed by atoms with Gasteiger partial charge in [-0.15, -0.1) is 0 Å². The van der Waals surface area contributed by atoms with Crippen LogP contribution in [0, 0.1) is 0 Å². The van der Waals surface area contributed by atoms with E-state index in [9.17, 15) is 9.59 Å². The lowest BCUT2D eigenvalue weighted by atomic mass is 10.1. The second kappa shape index (κ2) is 10.3. The van der Waals surface area contributed by atoms with Crippen LogP contribution in [0.2, 0.25) is 5.02 Å². The van der Waals surface area contributed by atoms with Gasteiger partial charge in [-0.2, -0.15) is 5.10 Å². The first-order chi connectivity index (χ1) is 15.0. The van der Waals surface area contributed by atoms with Gasteiger partial charge in [-0.1, -0.05) is 29.8 Å². The summed E-state index contributed by atoms with van der Waals surface area (Å²) in [5.74, 6) is 0.351. The number of amides is 2. The van der Waals surface area contributed by atoms with Gasteiger partial charge in [0.15, 0.2) is 11.5 Å². The Morgan fingerprint density at radius 2 is 1.48 bits per heavy atom. The van der Waals surface area contributed by atoms with E-state index >= 15 is 0 Å². The molecule has 0 heterocycles. The van der Waals surface area contributed by atoms with Crippen LogP contribution in [-0.2, 0) is 0 Å². The summed E-state index contributed by atoms with van der Waals surface area (Å²) in [5, 5.41) is 7.12. The van der Waals surface area contributed by atoms with E-state index < -0.39 is 5.91 Å². The van der Waals surface area contributed by atoms with Crippen LogP contribution in [0.4, 0.5) is 5.69 Å². The molecule has 0 spiro atoms. The van der Waals surface area contributed by atoms with Gasteiger partial charge < -0.3 is 14.8 Å². The Hall–Kier alpha value is -3.84. The number of anilines is 1. The number of hydrogen-bond acceptors (Lipinski definition) is 5. The highest BCUT2D eigenvalue weighted by Crippen LogP contribution is 2.32. The molecule has 0 unspecified atom stereocenters. The van der Waals surface area contributed by atoms with Crippen LogP contribution in [0.5, 0.6) is 11.5 Å². The monoisotopic (exact) mass is 437 g/mol. The summed E-state index contributed by atoms with van der Waals surface area (Å²) in [4.78, 5) is 24.5. The van der Waals surface area contributed by atoms with Crippen LogP contribution < -0.4 is 20.2 Å². The summed E-state index contributed by atoms with van der Waals surface area (Å²) < 4.78 is 10.4. The van der Waals surface area contributed by atoms with E-state index in [1.54, 1.807) is 60.7 Å². The number of benzene rings is 3. The van der Waals surface area contributed by atoms with Gasteiger partial charge in [0, 0.05) is 28.4 Å². The molecule has 3 rings (SSSR count). The molecule has 0 atom stereocenters. The average molecular weight is 438 g/mol. The molecule has 2 N–H and O–H groups in total. The summed E-state index contributed by atoms with van der Waals surface area (Å²) in [6.07, 6.45) is 1.41. The number of carbonyl (C=O) groups excluding carboxylic acids is 2. The molecule has 0 aliphatic carbocycles. The van der Waals surface area contributed by atoms with Crippen LogP contribution in [0.1, 0.15) is 26.3 Å². The number of carbonyl (C=O) groups is 2. The number of methoxy groups -OCH3 is 2. The van der Waals surface area contributed by atoms with E-state index in [0.717, 1.165) is 0 Å². The highest BCUT2D eigenvalue weighted by molar-refractivity contribution is 6.33. The lowest BCUT2D eigenvalue weighted by molar-refractivity contribution is 0.0954. The molecule has 0 bridgehead atoms. The molecule has 8 heteroatoms. The Morgan fingerprint density at radius 3 is 2.13 bits per heavy atom. The van der Waals surface area contributed by atoms with Crippen LogP contribution in [0.25, 0.3) is 0 Å². The van der Waals surface area contributed by atoms with Gasteiger partial charge in [-0.25, -0.2) is 5.43 Å². The molecule has 0 saturated heterocycles. The molecule has 2 amide bonds. The van der Waals surface area contributed by atoms with Crippen molar-refractivity contribution >= 4 is 35.3 Å². The fourth-order valence-corrected chi connectivity index (χ4v) is 2.89. The summed E-state index contributed by atoms with van der Waals surface area (Å²) in [6, 6.07) is 18.6. The van der Waals surface area contributed by atoms with Crippen molar-refractivity contribution in [3.05, 3.63) is 88.4 Å². The first-order valence-corrected chi connectivity index (χ1v) is 9.61. The van der Waals surface area contributed by atoms with Crippen molar-refractivity contribution in [2.24, 2.45) is 5.10 Å². The number of rotatable bonds is 7. The standard InChI is InChI=1S/C23H20ClN3O4/c1-30-20-12-17(19(24)13-21(20)31-2)14-25-27-23(29)16-8-10-18(11-9-16)26-22(28)15-6-4-3-5-7-15/h3-14H,1-2H3,(H,26,28)(H,27,29)/b25-14+. The molecule has 31 heavy (non-hydrogen) atoms. The molecule has 7 nitrogen and oxygen atoms in total. The SMILES string of the molecule is COc1cc(Cl)c(/C=N/NC(=O)c2ccc(NC(=O)c3ccccc3)cc2)cc1OC. The molecule has 158 valence electrons. The quantitative estimate of drug-likeness (QED) is 0.424. The topological polar surface area (TPSA) is 89.0 Å². The Balaban J connectivity index is 1.62. The molecular formula is C23H20ClN3O4. The Labute approximate surface area is 184 Å². The average Bonchev–Trinajstić information content (AvgIpc) is 2.80. The van der Waals surface area contributed by atoms with Gasteiger partial charge >= 0.3 is 0 Å². The zero-order valence-electron chi connectivity index (χ0n) is 16.9.